The van der Waals surface area contributed by atoms with Gasteiger partial charge in [0.1, 0.15) is 18.2 Å². The topological polar surface area (TPSA) is 121 Å². The molecule has 0 saturated heterocycles. The fourth-order valence-corrected chi connectivity index (χ4v) is 1.55. The van der Waals surface area contributed by atoms with Crippen molar-refractivity contribution < 1.29 is 23.3 Å². The molecule has 0 spiro atoms. The van der Waals surface area contributed by atoms with Crippen LogP contribution >= 0.6 is 0 Å². The first-order chi connectivity index (χ1) is 10.0. The summed E-state index contributed by atoms with van der Waals surface area (Å²) >= 11 is 0. The van der Waals surface area contributed by atoms with Crippen LogP contribution in [0.5, 0.6) is 5.75 Å². The normalized spacial score (nSPS) is 10.2. The Kier molecular flexibility index (Phi) is 4.14. The van der Waals surface area contributed by atoms with Crippen LogP contribution in [0.1, 0.15) is 16.3 Å². The number of halogens is 1. The highest BCUT2D eigenvalue weighted by atomic mass is 19.1. The van der Waals surface area contributed by atoms with Gasteiger partial charge in [0.05, 0.1) is 11.0 Å². The van der Waals surface area contributed by atoms with E-state index >= 15 is 0 Å². The summed E-state index contributed by atoms with van der Waals surface area (Å²) in [6.45, 7) is -0.162. The number of nitro groups is 1. The summed E-state index contributed by atoms with van der Waals surface area (Å²) in [6.07, 6.45) is 0. The molecule has 110 valence electrons. The number of carbonyl (C=O) groups is 1. The van der Waals surface area contributed by atoms with E-state index < -0.39 is 22.3 Å². The van der Waals surface area contributed by atoms with E-state index in [9.17, 15) is 19.3 Å². The first-order valence-electron chi connectivity index (χ1n) is 5.67. The average Bonchev–Trinajstić information content (AvgIpc) is 2.93. The van der Waals surface area contributed by atoms with Gasteiger partial charge >= 0.3 is 11.6 Å². The number of nitrogens with one attached hydrogen (secondary N) is 1. The minimum absolute atomic E-state index is 0.0234. The minimum atomic E-state index is -0.756. The second kappa shape index (κ2) is 6.01. The highest BCUT2D eigenvalue weighted by molar-refractivity contribution is 5.90. The summed E-state index contributed by atoms with van der Waals surface area (Å²) in [5.41, 5.74) is 1.40. The highest BCUT2D eigenvalue weighted by Gasteiger charge is 2.17. The first kappa shape index (κ1) is 14.5. The van der Waals surface area contributed by atoms with Crippen molar-refractivity contribution in [2.45, 2.75) is 6.61 Å². The second-order valence-electron chi connectivity index (χ2n) is 3.90. The predicted molar refractivity (Wildman–Crippen MR) is 67.7 cm³/mol. The lowest BCUT2D eigenvalue weighted by Gasteiger charge is -2.05. The largest absolute Gasteiger partial charge is 0.479 e. The number of nitro benzene ring substituents is 1. The van der Waals surface area contributed by atoms with E-state index in [1.165, 1.54) is 12.1 Å². The number of carbonyl (C=O) groups excluding carboxylic acids is 1. The molecule has 9 heteroatoms. The molecule has 1 heterocycles. The second-order valence-corrected chi connectivity index (χ2v) is 3.90. The Morgan fingerprint density at radius 3 is 2.86 bits per heavy atom. The van der Waals surface area contributed by atoms with Crippen LogP contribution in [0, 0.1) is 15.9 Å². The third-order valence-corrected chi connectivity index (χ3v) is 2.50. The number of nitrogens with two attached hydrogens (primary N) is 1. The zero-order chi connectivity index (χ0) is 15.4. The third-order valence-electron chi connectivity index (χ3n) is 2.50. The summed E-state index contributed by atoms with van der Waals surface area (Å²) in [4.78, 5) is 21.2. The van der Waals surface area contributed by atoms with Crippen molar-refractivity contribution in [3.05, 3.63) is 57.8 Å². The van der Waals surface area contributed by atoms with Crippen molar-refractivity contribution >= 4 is 11.6 Å². The zero-order valence-corrected chi connectivity index (χ0v) is 10.5. The lowest BCUT2D eigenvalue weighted by molar-refractivity contribution is -0.386. The van der Waals surface area contributed by atoms with Crippen LogP contribution in [0.25, 0.3) is 0 Å². The van der Waals surface area contributed by atoms with Crippen molar-refractivity contribution in [2.75, 3.05) is 0 Å². The van der Waals surface area contributed by atoms with Gasteiger partial charge in [-0.25, -0.2) is 10.2 Å². The fourth-order valence-electron chi connectivity index (χ4n) is 1.55. The van der Waals surface area contributed by atoms with Crippen LogP contribution in [-0.2, 0) is 6.61 Å². The molecule has 0 radical (unpaired) electrons. The molecule has 2 rings (SSSR count). The maximum Gasteiger partial charge on any atom is 0.313 e. The minimum Gasteiger partial charge on any atom is -0.479 e. The number of hydrazine groups is 1. The maximum absolute atomic E-state index is 13.0. The molecule has 2 aromatic rings. The fraction of sp³-hybridized carbons (Fsp3) is 0.0833. The monoisotopic (exact) mass is 295 g/mol. The summed E-state index contributed by atoms with van der Waals surface area (Å²) in [6, 6.07) is 5.77. The van der Waals surface area contributed by atoms with Gasteiger partial charge in [-0.1, -0.05) is 0 Å². The summed E-state index contributed by atoms with van der Waals surface area (Å²) in [5.74, 6) is 3.71. The molecular formula is C12H10FN3O5. The molecule has 0 aliphatic rings. The number of hydrogen-bond donors (Lipinski definition) is 2. The quantitative estimate of drug-likeness (QED) is 0.373. The Hall–Kier alpha value is -2.94. The van der Waals surface area contributed by atoms with Crippen LogP contribution in [0.4, 0.5) is 10.1 Å². The van der Waals surface area contributed by atoms with Crippen molar-refractivity contribution in [3.8, 4) is 5.75 Å². The summed E-state index contributed by atoms with van der Waals surface area (Å²) in [7, 11) is 0. The number of rotatable bonds is 5. The van der Waals surface area contributed by atoms with Crippen molar-refractivity contribution in [3.63, 3.8) is 0 Å². The molecule has 3 N–H and O–H groups in total. The molecule has 0 aliphatic carbocycles. The van der Waals surface area contributed by atoms with Crippen LogP contribution in [0.15, 0.2) is 34.7 Å². The Labute approximate surface area is 117 Å². The average molecular weight is 295 g/mol. The van der Waals surface area contributed by atoms with E-state index in [2.05, 4.69) is 0 Å². The predicted octanol–water partition coefficient (Wildman–Crippen LogP) is 1.51. The number of nitrogens with zero attached hydrogens (tertiary/aromatic N) is 1. The van der Waals surface area contributed by atoms with Crippen LogP contribution in [0.3, 0.4) is 0 Å². The molecule has 0 saturated carbocycles. The molecule has 0 fully saturated rings. The van der Waals surface area contributed by atoms with Gasteiger partial charge < -0.3 is 9.15 Å². The lowest BCUT2D eigenvalue weighted by atomic mass is 10.3. The summed E-state index contributed by atoms with van der Waals surface area (Å²) < 4.78 is 23.3. The molecule has 1 aromatic heterocycles. The maximum atomic E-state index is 13.0. The van der Waals surface area contributed by atoms with Gasteiger partial charge in [-0.15, -0.1) is 0 Å². The standard InChI is InChI=1S/C12H10FN3O5/c13-7-1-3-10(9(5-7)16(18)19)20-6-8-2-4-11(21-8)12(17)15-14/h1-5H,6,14H2,(H,15,17). The molecule has 1 amide bonds. The smallest absolute Gasteiger partial charge is 0.313 e. The Bertz CT molecular complexity index is 685. The molecule has 21 heavy (non-hydrogen) atoms. The Morgan fingerprint density at radius 1 is 1.43 bits per heavy atom. The van der Waals surface area contributed by atoms with Crippen LogP contribution in [-0.4, -0.2) is 10.8 Å². The van der Waals surface area contributed by atoms with Gasteiger partial charge in [-0.3, -0.25) is 20.3 Å². The number of hydrogen-bond acceptors (Lipinski definition) is 6. The number of ether oxygens (including phenoxy) is 1. The number of amides is 1. The molecule has 0 atom stereocenters. The van der Waals surface area contributed by atoms with Gasteiger partial charge in [-0.2, -0.15) is 0 Å². The van der Waals surface area contributed by atoms with E-state index in [-0.39, 0.29) is 23.9 Å². The van der Waals surface area contributed by atoms with Crippen LogP contribution < -0.4 is 16.0 Å². The van der Waals surface area contributed by atoms with Gasteiger partial charge in [-0.05, 0) is 24.3 Å². The summed E-state index contributed by atoms with van der Waals surface area (Å²) in [5, 5.41) is 10.8. The van der Waals surface area contributed by atoms with E-state index in [1.54, 1.807) is 0 Å². The SMILES string of the molecule is NNC(=O)c1ccc(COc2ccc(F)cc2[N+](=O)[O-])o1. The highest BCUT2D eigenvalue weighted by Crippen LogP contribution is 2.28. The van der Waals surface area contributed by atoms with Gasteiger partial charge in [0.15, 0.2) is 11.5 Å². The lowest BCUT2D eigenvalue weighted by Crippen LogP contribution is -2.29. The molecule has 0 aliphatic heterocycles. The first-order valence-corrected chi connectivity index (χ1v) is 5.67. The van der Waals surface area contributed by atoms with E-state index in [0.29, 0.717) is 0 Å². The van der Waals surface area contributed by atoms with Gasteiger partial charge in [0.25, 0.3) is 0 Å². The van der Waals surface area contributed by atoms with Crippen molar-refractivity contribution in [1.82, 2.24) is 5.43 Å². The molecular weight excluding hydrogens is 285 g/mol. The molecule has 0 unspecified atom stereocenters. The molecule has 0 bridgehead atoms. The van der Waals surface area contributed by atoms with E-state index in [0.717, 1.165) is 18.2 Å². The van der Waals surface area contributed by atoms with Crippen molar-refractivity contribution in [2.24, 2.45) is 5.84 Å². The number of benzene rings is 1. The van der Waals surface area contributed by atoms with E-state index in [1.807, 2.05) is 5.43 Å². The van der Waals surface area contributed by atoms with Gasteiger partial charge in [0, 0.05) is 0 Å². The number of nitrogen functional groups attached to an aromatic ring is 1. The van der Waals surface area contributed by atoms with Crippen molar-refractivity contribution in [1.29, 1.82) is 0 Å². The molecule has 1 aromatic carbocycles. The Balaban J connectivity index is 2.11. The van der Waals surface area contributed by atoms with Crippen LogP contribution in [0.2, 0.25) is 0 Å². The molecule has 8 nitrogen and oxygen atoms in total. The number of furan rings is 1. The van der Waals surface area contributed by atoms with Gasteiger partial charge in [0.2, 0.25) is 0 Å². The third kappa shape index (κ3) is 3.34. The van der Waals surface area contributed by atoms with E-state index in [4.69, 9.17) is 15.0 Å². The zero-order valence-electron chi connectivity index (χ0n) is 10.5. The Morgan fingerprint density at radius 2 is 2.19 bits per heavy atom.